The number of aliphatic carboxylic acids is 1. The Morgan fingerprint density at radius 2 is 1.94 bits per heavy atom. The van der Waals surface area contributed by atoms with E-state index in [2.05, 4.69) is 37.4 Å². The standard InChI is InChI=1S/C23H26N6O3S.ClH/c1-2-18(29-12-4-5-16(13-29)22(30)31)17-6-3-7-19(25-17)27-23(32)28-20-14-33-21(26-20)15-8-10-24-11-9-15;/h3,6-11,14,16,18H,2,4-5,12-13H2,1H3,(H,30,31)(H2,25,27,28,32);1H. The molecule has 0 spiro atoms. The van der Waals surface area contributed by atoms with Crippen LogP contribution in [0.15, 0.2) is 48.1 Å². The molecule has 9 nitrogen and oxygen atoms in total. The maximum atomic E-state index is 12.5. The molecular formula is C23H27ClN6O3S. The zero-order valence-electron chi connectivity index (χ0n) is 18.7. The Bertz CT molecular complexity index is 1110. The molecule has 0 aliphatic carbocycles. The quantitative estimate of drug-likeness (QED) is 0.419. The molecule has 2 atom stereocenters. The molecular weight excluding hydrogens is 476 g/mol. The molecule has 2 unspecified atom stereocenters. The topological polar surface area (TPSA) is 120 Å². The summed E-state index contributed by atoms with van der Waals surface area (Å²) in [4.78, 5) is 39.2. The van der Waals surface area contributed by atoms with Gasteiger partial charge in [0.05, 0.1) is 17.7 Å². The fourth-order valence-electron chi connectivity index (χ4n) is 4.07. The number of halogens is 1. The van der Waals surface area contributed by atoms with Gasteiger partial charge in [-0.05, 0) is 50.1 Å². The Kier molecular flexibility index (Phi) is 8.91. The molecule has 4 rings (SSSR count). The summed E-state index contributed by atoms with van der Waals surface area (Å²) < 4.78 is 0. The van der Waals surface area contributed by atoms with Crippen molar-refractivity contribution in [1.29, 1.82) is 0 Å². The first kappa shape index (κ1) is 25.5. The number of likely N-dealkylation sites (tertiary alicyclic amines) is 1. The number of aromatic nitrogens is 3. The van der Waals surface area contributed by atoms with Crippen LogP contribution in [0.25, 0.3) is 10.6 Å². The summed E-state index contributed by atoms with van der Waals surface area (Å²) in [7, 11) is 0. The van der Waals surface area contributed by atoms with Crippen molar-refractivity contribution >= 4 is 47.4 Å². The lowest BCUT2D eigenvalue weighted by Crippen LogP contribution is -2.41. The summed E-state index contributed by atoms with van der Waals surface area (Å²) in [6.07, 6.45) is 5.75. The van der Waals surface area contributed by atoms with Crippen LogP contribution >= 0.6 is 23.7 Å². The van der Waals surface area contributed by atoms with E-state index in [0.717, 1.165) is 35.7 Å². The van der Waals surface area contributed by atoms with Gasteiger partial charge in [-0.15, -0.1) is 23.7 Å². The second-order valence-electron chi connectivity index (χ2n) is 7.90. The van der Waals surface area contributed by atoms with Crippen molar-refractivity contribution < 1.29 is 14.7 Å². The minimum absolute atomic E-state index is 0. The van der Waals surface area contributed by atoms with Gasteiger partial charge in [0.2, 0.25) is 0 Å². The number of nitrogens with zero attached hydrogens (tertiary/aromatic N) is 4. The van der Waals surface area contributed by atoms with Gasteiger partial charge in [0.25, 0.3) is 0 Å². The fraction of sp³-hybridized carbons (Fsp3) is 0.348. The average Bonchev–Trinajstić information content (AvgIpc) is 3.29. The lowest BCUT2D eigenvalue weighted by Gasteiger charge is -2.36. The number of pyridine rings is 2. The molecule has 4 heterocycles. The van der Waals surface area contributed by atoms with Crippen molar-refractivity contribution in [2.45, 2.75) is 32.2 Å². The van der Waals surface area contributed by atoms with Gasteiger partial charge in [-0.3, -0.25) is 25.3 Å². The van der Waals surface area contributed by atoms with Gasteiger partial charge in [-0.2, -0.15) is 0 Å². The molecule has 3 aromatic heterocycles. The van der Waals surface area contributed by atoms with Crippen molar-refractivity contribution in [1.82, 2.24) is 19.9 Å². The number of carboxylic acid groups (broad SMARTS) is 1. The monoisotopic (exact) mass is 502 g/mol. The normalized spacial score (nSPS) is 16.8. The SMILES string of the molecule is CCC(c1cccc(NC(=O)Nc2csc(-c3ccncc3)n2)n1)N1CCCC(C(=O)O)C1.Cl. The largest absolute Gasteiger partial charge is 0.481 e. The first-order valence-electron chi connectivity index (χ1n) is 10.9. The number of carbonyl (C=O) groups is 2. The van der Waals surface area contributed by atoms with Gasteiger partial charge < -0.3 is 5.11 Å². The lowest BCUT2D eigenvalue weighted by molar-refractivity contribution is -0.144. The Hall–Kier alpha value is -3.08. The number of amides is 2. The first-order valence-corrected chi connectivity index (χ1v) is 11.8. The van der Waals surface area contributed by atoms with Crippen LogP contribution in [0.2, 0.25) is 0 Å². The second kappa shape index (κ2) is 11.9. The molecule has 2 amide bonds. The number of nitrogens with one attached hydrogen (secondary N) is 2. The van der Waals surface area contributed by atoms with E-state index >= 15 is 0 Å². The van der Waals surface area contributed by atoms with Crippen LogP contribution in [0.5, 0.6) is 0 Å². The number of piperidine rings is 1. The molecule has 0 aromatic carbocycles. The van der Waals surface area contributed by atoms with Crippen molar-refractivity contribution in [3.63, 3.8) is 0 Å². The lowest BCUT2D eigenvalue weighted by atomic mass is 9.95. The number of anilines is 2. The molecule has 0 radical (unpaired) electrons. The fourth-order valence-corrected chi connectivity index (χ4v) is 4.83. The zero-order chi connectivity index (χ0) is 23.2. The zero-order valence-corrected chi connectivity index (χ0v) is 20.3. The molecule has 11 heteroatoms. The van der Waals surface area contributed by atoms with E-state index in [4.69, 9.17) is 0 Å². The van der Waals surface area contributed by atoms with Crippen LogP contribution < -0.4 is 10.6 Å². The highest BCUT2D eigenvalue weighted by molar-refractivity contribution is 7.13. The highest BCUT2D eigenvalue weighted by atomic mass is 35.5. The van der Waals surface area contributed by atoms with Gasteiger partial charge >= 0.3 is 12.0 Å². The number of hydrogen-bond donors (Lipinski definition) is 3. The Morgan fingerprint density at radius 3 is 2.68 bits per heavy atom. The number of carbonyl (C=O) groups excluding carboxylic acids is 1. The van der Waals surface area contributed by atoms with E-state index in [-0.39, 0.29) is 24.4 Å². The van der Waals surface area contributed by atoms with E-state index in [1.165, 1.54) is 11.3 Å². The van der Waals surface area contributed by atoms with Crippen molar-refractivity contribution in [2.75, 3.05) is 23.7 Å². The summed E-state index contributed by atoms with van der Waals surface area (Å²) in [5.74, 6) is -0.210. The molecule has 0 saturated carbocycles. The smallest absolute Gasteiger partial charge is 0.326 e. The summed E-state index contributed by atoms with van der Waals surface area (Å²) in [6, 6.07) is 8.80. The van der Waals surface area contributed by atoms with Gasteiger partial charge in [0, 0.05) is 29.9 Å². The average molecular weight is 503 g/mol. The first-order chi connectivity index (χ1) is 16.0. The minimum Gasteiger partial charge on any atom is -0.481 e. The molecule has 1 saturated heterocycles. The van der Waals surface area contributed by atoms with Crippen molar-refractivity contribution in [3.8, 4) is 10.6 Å². The van der Waals surface area contributed by atoms with Gasteiger partial charge in [-0.25, -0.2) is 14.8 Å². The summed E-state index contributed by atoms with van der Waals surface area (Å²) in [5, 5.41) is 17.5. The van der Waals surface area contributed by atoms with Crippen LogP contribution in [0.4, 0.5) is 16.4 Å². The van der Waals surface area contributed by atoms with Gasteiger partial charge in [0.1, 0.15) is 16.6 Å². The highest BCUT2D eigenvalue weighted by Gasteiger charge is 2.30. The molecule has 1 aliphatic heterocycles. The van der Waals surface area contributed by atoms with E-state index in [1.54, 1.807) is 23.8 Å². The van der Waals surface area contributed by atoms with E-state index in [0.29, 0.717) is 24.6 Å². The predicted octanol–water partition coefficient (Wildman–Crippen LogP) is 4.91. The molecule has 1 fully saturated rings. The van der Waals surface area contributed by atoms with Crippen LogP contribution in [-0.2, 0) is 4.79 Å². The summed E-state index contributed by atoms with van der Waals surface area (Å²) >= 11 is 1.43. The number of thiazole rings is 1. The third-order valence-corrected chi connectivity index (χ3v) is 6.55. The maximum Gasteiger partial charge on any atom is 0.326 e. The number of urea groups is 1. The molecule has 1 aliphatic rings. The summed E-state index contributed by atoms with van der Waals surface area (Å²) in [6.45, 7) is 3.41. The van der Waals surface area contributed by atoms with E-state index in [9.17, 15) is 14.7 Å². The molecule has 3 aromatic rings. The molecule has 0 bridgehead atoms. The number of hydrogen-bond acceptors (Lipinski definition) is 7. The predicted molar refractivity (Wildman–Crippen MR) is 134 cm³/mol. The van der Waals surface area contributed by atoms with E-state index < -0.39 is 12.0 Å². The summed E-state index contributed by atoms with van der Waals surface area (Å²) in [5.41, 5.74) is 1.75. The van der Waals surface area contributed by atoms with Crippen LogP contribution in [0, 0.1) is 5.92 Å². The third-order valence-electron chi connectivity index (χ3n) is 5.66. The highest BCUT2D eigenvalue weighted by Crippen LogP contribution is 2.29. The van der Waals surface area contributed by atoms with Crippen LogP contribution in [0.3, 0.4) is 0 Å². The van der Waals surface area contributed by atoms with Gasteiger partial charge in [0.15, 0.2) is 0 Å². The van der Waals surface area contributed by atoms with Crippen LogP contribution in [0.1, 0.15) is 37.9 Å². The Labute approximate surface area is 208 Å². The second-order valence-corrected chi connectivity index (χ2v) is 8.76. The number of rotatable bonds is 7. The third kappa shape index (κ3) is 6.28. The van der Waals surface area contributed by atoms with Crippen LogP contribution in [-0.4, -0.2) is 50.0 Å². The molecule has 180 valence electrons. The number of carboxylic acids is 1. The maximum absolute atomic E-state index is 12.5. The van der Waals surface area contributed by atoms with Crippen molar-refractivity contribution in [2.24, 2.45) is 5.92 Å². The van der Waals surface area contributed by atoms with Crippen molar-refractivity contribution in [3.05, 3.63) is 53.8 Å². The Morgan fingerprint density at radius 1 is 1.18 bits per heavy atom. The molecule has 3 N–H and O–H groups in total. The van der Waals surface area contributed by atoms with Gasteiger partial charge in [-0.1, -0.05) is 13.0 Å². The Balaban J connectivity index is 0.00000324. The molecule has 34 heavy (non-hydrogen) atoms. The minimum atomic E-state index is -0.747. The van der Waals surface area contributed by atoms with E-state index in [1.807, 2.05) is 24.3 Å².